The third-order valence-corrected chi connectivity index (χ3v) is 7.49. The second-order valence-corrected chi connectivity index (χ2v) is 9.90. The molecule has 0 fully saturated rings. The lowest BCUT2D eigenvalue weighted by Crippen LogP contribution is -2.56. The van der Waals surface area contributed by atoms with Crippen LogP contribution in [-0.4, -0.2) is 64.6 Å². The minimum absolute atomic E-state index is 0.107. The zero-order chi connectivity index (χ0) is 26.3. The Morgan fingerprint density at radius 2 is 1.82 bits per heavy atom. The molecule has 38 heavy (non-hydrogen) atoms. The Hall–Kier alpha value is -4.44. The number of carbonyl (C=O) groups is 1. The van der Waals surface area contributed by atoms with Crippen LogP contribution in [0.2, 0.25) is 0 Å². The van der Waals surface area contributed by atoms with E-state index in [2.05, 4.69) is 39.8 Å². The number of tetrazole rings is 1. The van der Waals surface area contributed by atoms with Gasteiger partial charge >= 0.3 is 0 Å². The molecule has 2 atom stereocenters. The summed E-state index contributed by atoms with van der Waals surface area (Å²) in [6.07, 6.45) is 0.699. The summed E-state index contributed by atoms with van der Waals surface area (Å²) in [7, 11) is 3.63. The maximum atomic E-state index is 12.4. The first-order valence-corrected chi connectivity index (χ1v) is 12.5. The molecule has 0 unspecified atom stereocenters. The van der Waals surface area contributed by atoms with Crippen molar-refractivity contribution in [3.05, 3.63) is 94.8 Å². The number of ether oxygens (including phenoxy) is 3. The Balaban J connectivity index is 1.60. The molecule has 0 bridgehead atoms. The number of primary amides is 1. The van der Waals surface area contributed by atoms with Crippen molar-refractivity contribution in [2.45, 2.75) is 18.5 Å². The van der Waals surface area contributed by atoms with Gasteiger partial charge in [-0.1, -0.05) is 60.7 Å². The third-order valence-electron chi connectivity index (χ3n) is 7.49. The number of benzene rings is 3. The summed E-state index contributed by atoms with van der Waals surface area (Å²) in [5, 5.41) is 13.3. The maximum Gasteiger partial charge on any atom is 0.272 e. The highest BCUT2D eigenvalue weighted by molar-refractivity contribution is 5.75. The molecule has 4 aromatic rings. The molecule has 0 radical (unpaired) electrons. The Kier molecular flexibility index (Phi) is 5.96. The van der Waals surface area contributed by atoms with E-state index in [1.54, 1.807) is 7.11 Å². The highest BCUT2D eigenvalue weighted by atomic mass is 16.7. The van der Waals surface area contributed by atoms with Gasteiger partial charge in [-0.15, -0.1) is 5.10 Å². The minimum atomic E-state index is -0.458. The summed E-state index contributed by atoms with van der Waals surface area (Å²) in [5.41, 5.74) is 9.78. The van der Waals surface area contributed by atoms with E-state index < -0.39 is 11.9 Å². The molecule has 0 aliphatic carbocycles. The van der Waals surface area contributed by atoms with E-state index in [1.165, 1.54) is 0 Å². The van der Waals surface area contributed by atoms with Gasteiger partial charge in [0.05, 0.1) is 26.3 Å². The summed E-state index contributed by atoms with van der Waals surface area (Å²) in [5.74, 6) is 1.97. The van der Waals surface area contributed by atoms with Crippen molar-refractivity contribution in [2.75, 3.05) is 34.0 Å². The average molecular weight is 514 g/mol. The molecule has 0 saturated carbocycles. The van der Waals surface area contributed by atoms with Crippen LogP contribution >= 0.6 is 0 Å². The van der Waals surface area contributed by atoms with Crippen LogP contribution in [0, 0.1) is 0 Å². The normalized spacial score (nSPS) is 19.8. The molecule has 1 amide bonds. The molecule has 6 rings (SSSR count). The summed E-state index contributed by atoms with van der Waals surface area (Å²) < 4.78 is 19.6. The fourth-order valence-electron chi connectivity index (χ4n) is 5.85. The average Bonchev–Trinajstić information content (AvgIpc) is 3.58. The molecule has 194 valence electrons. The monoisotopic (exact) mass is 513 g/mol. The number of methoxy groups -OCH3 is 1. The van der Waals surface area contributed by atoms with Crippen molar-refractivity contribution in [1.82, 2.24) is 20.2 Å². The van der Waals surface area contributed by atoms with E-state index in [0.717, 1.165) is 22.3 Å². The zero-order valence-corrected chi connectivity index (χ0v) is 21.3. The topological polar surface area (TPSA) is 114 Å². The summed E-state index contributed by atoms with van der Waals surface area (Å²) in [4.78, 5) is 12.4. The van der Waals surface area contributed by atoms with E-state index in [4.69, 9.17) is 19.9 Å². The molecule has 0 spiro atoms. The van der Waals surface area contributed by atoms with Gasteiger partial charge in [0.2, 0.25) is 18.4 Å². The summed E-state index contributed by atoms with van der Waals surface area (Å²) in [6.45, 7) is 0.877. The van der Waals surface area contributed by atoms with E-state index in [0.29, 0.717) is 36.0 Å². The van der Waals surface area contributed by atoms with Gasteiger partial charge in [0.15, 0.2) is 24.1 Å². The Morgan fingerprint density at radius 3 is 2.45 bits per heavy atom. The van der Waals surface area contributed by atoms with Gasteiger partial charge in [-0.3, -0.25) is 4.79 Å². The number of nitrogens with zero attached hydrogens (tertiary/aromatic N) is 5. The van der Waals surface area contributed by atoms with Crippen LogP contribution in [0.15, 0.2) is 66.7 Å². The number of nitrogens with two attached hydrogens (primary N) is 1. The van der Waals surface area contributed by atoms with Gasteiger partial charge < -0.3 is 24.4 Å². The quantitative estimate of drug-likeness (QED) is 0.378. The lowest BCUT2D eigenvalue weighted by atomic mass is 9.87. The highest BCUT2D eigenvalue weighted by Gasteiger charge is 2.48. The Labute approximate surface area is 220 Å². The zero-order valence-electron chi connectivity index (χ0n) is 21.3. The van der Waals surface area contributed by atoms with Crippen LogP contribution in [0.4, 0.5) is 0 Å². The lowest BCUT2D eigenvalue weighted by Gasteiger charge is -2.44. The number of likely N-dealkylation sites (N-methyl/N-ethyl adjacent to an activating group) is 1. The molecule has 0 saturated heterocycles. The van der Waals surface area contributed by atoms with Gasteiger partial charge in [0.25, 0.3) is 5.91 Å². The number of hydrogen-bond donors (Lipinski definition) is 1. The molecular formula is C28H29N6O4+. The predicted molar refractivity (Wildman–Crippen MR) is 138 cm³/mol. The largest absolute Gasteiger partial charge is 0.492 e. The van der Waals surface area contributed by atoms with Crippen LogP contribution in [-0.2, 0) is 11.2 Å². The number of aromatic nitrogens is 4. The first-order chi connectivity index (χ1) is 18.5. The van der Waals surface area contributed by atoms with Crippen LogP contribution < -0.4 is 19.9 Å². The number of fused-ring (bicyclic) bond motifs is 2. The SMILES string of the molecule is COc1c2c(cc3c1[C@H](c1nnnn1C(c1ccccc1)c1ccccc1)[N@@+](C)(CC(N)=O)CC3)OCO2. The van der Waals surface area contributed by atoms with Crippen molar-refractivity contribution in [3.63, 3.8) is 0 Å². The van der Waals surface area contributed by atoms with Crippen LogP contribution in [0.3, 0.4) is 0 Å². The van der Waals surface area contributed by atoms with E-state index in [-0.39, 0.29) is 23.9 Å². The second-order valence-electron chi connectivity index (χ2n) is 9.90. The van der Waals surface area contributed by atoms with Gasteiger partial charge in [-0.25, -0.2) is 4.68 Å². The smallest absolute Gasteiger partial charge is 0.272 e. The maximum absolute atomic E-state index is 12.4. The predicted octanol–water partition coefficient (Wildman–Crippen LogP) is 2.63. The van der Waals surface area contributed by atoms with Gasteiger partial charge in [-0.05, 0) is 33.2 Å². The third kappa shape index (κ3) is 3.93. The fraction of sp³-hybridized carbons (Fsp3) is 0.286. The summed E-state index contributed by atoms with van der Waals surface area (Å²) in [6, 6.07) is 21.5. The molecule has 10 heteroatoms. The molecule has 2 N–H and O–H groups in total. The highest BCUT2D eigenvalue weighted by Crippen LogP contribution is 2.52. The number of carbonyl (C=O) groups excluding carboxylic acids is 1. The van der Waals surface area contributed by atoms with Gasteiger partial charge in [-0.2, -0.15) is 0 Å². The summed E-state index contributed by atoms with van der Waals surface area (Å²) >= 11 is 0. The van der Waals surface area contributed by atoms with Crippen molar-refractivity contribution in [3.8, 4) is 17.2 Å². The molecular weight excluding hydrogens is 484 g/mol. The van der Waals surface area contributed by atoms with Crippen LogP contribution in [0.1, 0.15) is 40.2 Å². The van der Waals surface area contributed by atoms with E-state index in [9.17, 15) is 4.79 Å². The van der Waals surface area contributed by atoms with E-state index >= 15 is 0 Å². The molecule has 10 nitrogen and oxygen atoms in total. The Bertz CT molecular complexity index is 1440. The van der Waals surface area contributed by atoms with E-state index in [1.807, 2.05) is 54.2 Å². The standard InChI is InChI=1S/C28H28N6O4/c1-34(16-22(29)35)14-13-20-15-21-26(38-17-37-21)27(36-2)23(20)25(34)28-30-31-32-33(28)24(18-9-5-3-6-10-18)19-11-7-4-8-12-19/h3-12,15,24-25H,13-14,16-17H2,1-2H3,(H-,29,35)/p+1/t25-,34-/m1/s1. The first kappa shape index (κ1) is 23.9. The van der Waals surface area contributed by atoms with Crippen LogP contribution in [0.25, 0.3) is 0 Å². The molecule has 2 aliphatic rings. The van der Waals surface area contributed by atoms with Crippen LogP contribution in [0.5, 0.6) is 17.2 Å². The van der Waals surface area contributed by atoms with Gasteiger partial charge in [0.1, 0.15) is 6.04 Å². The van der Waals surface area contributed by atoms with Crippen molar-refractivity contribution >= 4 is 5.91 Å². The number of rotatable bonds is 7. The van der Waals surface area contributed by atoms with Crippen molar-refractivity contribution < 1.29 is 23.5 Å². The minimum Gasteiger partial charge on any atom is -0.492 e. The second kappa shape index (κ2) is 9.46. The lowest BCUT2D eigenvalue weighted by molar-refractivity contribution is -0.929. The molecule has 2 aliphatic heterocycles. The number of quaternary nitrogens is 1. The fourth-order valence-corrected chi connectivity index (χ4v) is 5.85. The number of amides is 1. The van der Waals surface area contributed by atoms with Gasteiger partial charge in [0, 0.05) is 6.42 Å². The van der Waals surface area contributed by atoms with Crippen molar-refractivity contribution in [1.29, 1.82) is 0 Å². The molecule has 3 aromatic carbocycles. The van der Waals surface area contributed by atoms with Crippen molar-refractivity contribution in [2.24, 2.45) is 5.73 Å². The molecule has 1 aromatic heterocycles. The molecule has 3 heterocycles. The Morgan fingerprint density at radius 1 is 1.13 bits per heavy atom. The first-order valence-electron chi connectivity index (χ1n) is 12.5. The number of hydrogen-bond acceptors (Lipinski definition) is 7.